The second kappa shape index (κ2) is 5.34. The van der Waals surface area contributed by atoms with Crippen LogP contribution in [0.3, 0.4) is 0 Å². The highest BCUT2D eigenvalue weighted by molar-refractivity contribution is 4.84. The van der Waals surface area contributed by atoms with Crippen molar-refractivity contribution in [2.75, 3.05) is 0 Å². The molecule has 1 fully saturated rings. The first-order valence-corrected chi connectivity index (χ1v) is 6.70. The third-order valence-corrected chi connectivity index (χ3v) is 4.22. The molecule has 90 valence electrons. The number of hydrogen-bond acceptors (Lipinski definition) is 1. The molecule has 0 saturated heterocycles. The van der Waals surface area contributed by atoms with E-state index in [2.05, 4.69) is 27.7 Å². The van der Waals surface area contributed by atoms with Crippen molar-refractivity contribution < 1.29 is 0 Å². The molecule has 1 atom stereocenters. The largest absolute Gasteiger partial charge is 0.327 e. The van der Waals surface area contributed by atoms with Crippen molar-refractivity contribution >= 4 is 0 Å². The molecule has 0 aromatic rings. The van der Waals surface area contributed by atoms with E-state index < -0.39 is 0 Å². The number of hydrogen-bond donors (Lipinski definition) is 1. The molecule has 0 aliphatic heterocycles. The highest BCUT2D eigenvalue weighted by Gasteiger charge is 2.31. The van der Waals surface area contributed by atoms with Crippen LogP contribution in [0.15, 0.2) is 0 Å². The van der Waals surface area contributed by atoms with Crippen LogP contribution >= 0.6 is 0 Å². The fourth-order valence-electron chi connectivity index (χ4n) is 2.98. The highest BCUT2D eigenvalue weighted by Crippen LogP contribution is 2.40. The molecule has 0 spiro atoms. The summed E-state index contributed by atoms with van der Waals surface area (Å²) in [5, 5.41) is 0. The molecule has 1 aliphatic rings. The predicted octanol–water partition coefficient (Wildman–Crippen LogP) is 3.97. The fraction of sp³-hybridized carbons (Fsp3) is 1.00. The van der Waals surface area contributed by atoms with Gasteiger partial charge in [-0.2, -0.15) is 0 Å². The summed E-state index contributed by atoms with van der Waals surface area (Å²) in [5.74, 6) is 1.73. The predicted molar refractivity (Wildman–Crippen MR) is 67.8 cm³/mol. The van der Waals surface area contributed by atoms with E-state index in [1.54, 1.807) is 0 Å². The lowest BCUT2D eigenvalue weighted by atomic mass is 9.68. The van der Waals surface area contributed by atoms with E-state index in [0.717, 1.165) is 11.8 Å². The summed E-state index contributed by atoms with van der Waals surface area (Å²) in [6.07, 6.45) is 7.97. The molecule has 0 bridgehead atoms. The molecular weight excluding hydrogens is 182 g/mol. The van der Waals surface area contributed by atoms with Crippen molar-refractivity contribution in [3.8, 4) is 0 Å². The van der Waals surface area contributed by atoms with E-state index in [1.165, 1.54) is 38.5 Å². The lowest BCUT2D eigenvalue weighted by Gasteiger charge is -2.38. The summed E-state index contributed by atoms with van der Waals surface area (Å²) in [4.78, 5) is 0. The summed E-state index contributed by atoms with van der Waals surface area (Å²) < 4.78 is 0. The van der Waals surface area contributed by atoms with Crippen molar-refractivity contribution in [1.82, 2.24) is 0 Å². The lowest BCUT2D eigenvalue weighted by Crippen LogP contribution is -2.35. The van der Waals surface area contributed by atoms with Gasteiger partial charge in [0.25, 0.3) is 0 Å². The van der Waals surface area contributed by atoms with Crippen molar-refractivity contribution in [2.24, 2.45) is 23.0 Å². The van der Waals surface area contributed by atoms with Crippen LogP contribution in [0.2, 0.25) is 0 Å². The minimum Gasteiger partial charge on any atom is -0.327 e. The van der Waals surface area contributed by atoms with Gasteiger partial charge in [0.2, 0.25) is 0 Å². The molecule has 0 aromatic heterocycles. The molecule has 0 aromatic carbocycles. The molecule has 1 heteroatoms. The minimum absolute atomic E-state index is 0.468. The average Bonchev–Trinajstić information content (AvgIpc) is 2.17. The third-order valence-electron chi connectivity index (χ3n) is 4.22. The van der Waals surface area contributed by atoms with Crippen molar-refractivity contribution in [3.63, 3.8) is 0 Å². The third kappa shape index (κ3) is 3.79. The Balaban J connectivity index is 2.36. The van der Waals surface area contributed by atoms with Crippen molar-refractivity contribution in [2.45, 2.75) is 72.3 Å². The van der Waals surface area contributed by atoms with Crippen LogP contribution in [-0.2, 0) is 0 Å². The maximum Gasteiger partial charge on any atom is 0.00670 e. The SMILES string of the molecule is CCCC(N)C1CCC(C(C)(C)C)CC1. The summed E-state index contributed by atoms with van der Waals surface area (Å²) >= 11 is 0. The molecule has 1 rings (SSSR count). The maximum absolute atomic E-state index is 6.21. The zero-order valence-corrected chi connectivity index (χ0v) is 11.1. The molecule has 1 unspecified atom stereocenters. The van der Waals surface area contributed by atoms with Gasteiger partial charge in [0.15, 0.2) is 0 Å². The van der Waals surface area contributed by atoms with Gasteiger partial charge in [0.1, 0.15) is 0 Å². The van der Waals surface area contributed by atoms with Gasteiger partial charge in [0.05, 0.1) is 0 Å². The van der Waals surface area contributed by atoms with Crippen molar-refractivity contribution in [3.05, 3.63) is 0 Å². The molecule has 15 heavy (non-hydrogen) atoms. The lowest BCUT2D eigenvalue weighted by molar-refractivity contribution is 0.138. The van der Waals surface area contributed by atoms with Gasteiger partial charge in [0, 0.05) is 6.04 Å². The molecule has 0 amide bonds. The minimum atomic E-state index is 0.468. The van der Waals surface area contributed by atoms with Gasteiger partial charge >= 0.3 is 0 Å². The Morgan fingerprint density at radius 3 is 2.07 bits per heavy atom. The Hall–Kier alpha value is -0.0400. The first-order valence-electron chi connectivity index (χ1n) is 6.70. The molecule has 0 radical (unpaired) electrons. The average molecular weight is 211 g/mol. The van der Waals surface area contributed by atoms with E-state index in [0.29, 0.717) is 11.5 Å². The van der Waals surface area contributed by atoms with Gasteiger partial charge in [-0.15, -0.1) is 0 Å². The topological polar surface area (TPSA) is 26.0 Å². The zero-order chi connectivity index (χ0) is 11.5. The second-order valence-electron chi connectivity index (χ2n) is 6.43. The summed E-state index contributed by atoms with van der Waals surface area (Å²) in [5.41, 5.74) is 6.71. The van der Waals surface area contributed by atoms with Crippen molar-refractivity contribution in [1.29, 1.82) is 0 Å². The van der Waals surface area contributed by atoms with Crippen LogP contribution < -0.4 is 5.73 Å². The highest BCUT2D eigenvalue weighted by atomic mass is 14.6. The molecule has 1 aliphatic carbocycles. The van der Waals surface area contributed by atoms with Crippen LogP contribution in [0.1, 0.15) is 66.2 Å². The Labute approximate surface area is 95.8 Å². The van der Waals surface area contributed by atoms with Crippen LogP contribution in [0.5, 0.6) is 0 Å². The van der Waals surface area contributed by atoms with Crippen LogP contribution in [-0.4, -0.2) is 6.04 Å². The Morgan fingerprint density at radius 1 is 1.13 bits per heavy atom. The molecule has 0 heterocycles. The molecule has 1 saturated carbocycles. The van der Waals surface area contributed by atoms with E-state index in [9.17, 15) is 0 Å². The van der Waals surface area contributed by atoms with Gasteiger partial charge < -0.3 is 5.73 Å². The summed E-state index contributed by atoms with van der Waals surface area (Å²) in [6.45, 7) is 9.37. The van der Waals surface area contributed by atoms with E-state index in [4.69, 9.17) is 5.73 Å². The second-order valence-corrected chi connectivity index (χ2v) is 6.43. The van der Waals surface area contributed by atoms with Crippen LogP contribution in [0.4, 0.5) is 0 Å². The Morgan fingerprint density at radius 2 is 1.67 bits per heavy atom. The van der Waals surface area contributed by atoms with E-state index in [1.807, 2.05) is 0 Å². The van der Waals surface area contributed by atoms with Crippen LogP contribution in [0, 0.1) is 17.3 Å². The molecule has 2 N–H and O–H groups in total. The Bertz CT molecular complexity index is 172. The van der Waals surface area contributed by atoms with Gasteiger partial charge in [-0.05, 0) is 49.4 Å². The standard InChI is InChI=1S/C14H29N/c1-5-6-13(15)11-7-9-12(10-8-11)14(2,3)4/h11-13H,5-10,15H2,1-4H3. The fourth-order valence-corrected chi connectivity index (χ4v) is 2.98. The first-order chi connectivity index (χ1) is 6.95. The number of nitrogens with two attached hydrogens (primary N) is 1. The molecule has 1 nitrogen and oxygen atoms in total. The summed E-state index contributed by atoms with van der Waals surface area (Å²) in [6, 6.07) is 0.468. The van der Waals surface area contributed by atoms with Gasteiger partial charge in [-0.3, -0.25) is 0 Å². The zero-order valence-electron chi connectivity index (χ0n) is 11.1. The van der Waals surface area contributed by atoms with E-state index >= 15 is 0 Å². The smallest absolute Gasteiger partial charge is 0.00670 e. The van der Waals surface area contributed by atoms with Crippen LogP contribution in [0.25, 0.3) is 0 Å². The quantitative estimate of drug-likeness (QED) is 0.751. The molecular formula is C14H29N. The maximum atomic E-state index is 6.21. The number of rotatable bonds is 3. The van der Waals surface area contributed by atoms with Gasteiger partial charge in [-0.25, -0.2) is 0 Å². The summed E-state index contributed by atoms with van der Waals surface area (Å²) in [7, 11) is 0. The van der Waals surface area contributed by atoms with E-state index in [-0.39, 0.29) is 0 Å². The first kappa shape index (κ1) is 13.0. The normalized spacial score (nSPS) is 30.2. The monoisotopic (exact) mass is 211 g/mol. The Kier molecular flexibility index (Phi) is 4.64. The van der Waals surface area contributed by atoms with Gasteiger partial charge in [-0.1, -0.05) is 34.1 Å².